The fraction of sp³-hybridized carbons (Fsp3) is 0.350. The van der Waals surface area contributed by atoms with Crippen LogP contribution in [0.3, 0.4) is 0 Å². The third-order valence-corrected chi connectivity index (χ3v) is 4.31. The van der Waals surface area contributed by atoms with Crippen molar-refractivity contribution in [3.05, 3.63) is 60.2 Å². The lowest BCUT2D eigenvalue weighted by Crippen LogP contribution is -2.27. The summed E-state index contributed by atoms with van der Waals surface area (Å²) >= 11 is 0. The first kappa shape index (κ1) is 17.5. The van der Waals surface area contributed by atoms with Gasteiger partial charge in [-0.2, -0.15) is 0 Å². The first-order valence-electron chi connectivity index (χ1n) is 8.39. The van der Waals surface area contributed by atoms with E-state index in [0.717, 1.165) is 17.1 Å². The molecule has 0 amide bonds. The Bertz CT molecular complexity index is 700. The number of rotatable bonds is 7. The molecule has 0 spiro atoms. The Morgan fingerprint density at radius 3 is 2.68 bits per heavy atom. The lowest BCUT2D eigenvalue weighted by molar-refractivity contribution is -0.173. The number of carbonyl (C=O) groups excluding carboxylic acids is 1. The zero-order valence-electron chi connectivity index (χ0n) is 14.1. The second-order valence-electron chi connectivity index (χ2n) is 6.26. The zero-order valence-corrected chi connectivity index (χ0v) is 14.1. The van der Waals surface area contributed by atoms with Crippen LogP contribution in [-0.4, -0.2) is 24.0 Å². The molecule has 3 unspecified atom stereocenters. The van der Waals surface area contributed by atoms with E-state index < -0.39 is 6.29 Å². The van der Waals surface area contributed by atoms with E-state index in [-0.39, 0.29) is 30.8 Å². The maximum atomic E-state index is 11.5. The number of benzene rings is 2. The molecule has 5 heteroatoms. The normalized spacial score (nSPS) is 21.0. The van der Waals surface area contributed by atoms with Gasteiger partial charge in [0.15, 0.2) is 0 Å². The summed E-state index contributed by atoms with van der Waals surface area (Å²) in [7, 11) is 0. The molecular weight excluding hydrogens is 320 g/mol. The van der Waals surface area contributed by atoms with Crippen LogP contribution in [0.15, 0.2) is 54.6 Å². The largest absolute Gasteiger partial charge is 0.457 e. The van der Waals surface area contributed by atoms with Gasteiger partial charge in [-0.05, 0) is 35.7 Å². The summed E-state index contributed by atoms with van der Waals surface area (Å²) in [5.41, 5.74) is 0.923. The van der Waals surface area contributed by atoms with Crippen molar-refractivity contribution in [2.24, 2.45) is 11.8 Å². The van der Waals surface area contributed by atoms with Gasteiger partial charge >= 0.3 is 5.97 Å². The minimum Gasteiger partial charge on any atom is -0.457 e. The number of hydrogen-bond donors (Lipinski definition) is 1. The minimum absolute atomic E-state index is 0.00156. The number of cyclic esters (lactones) is 1. The third-order valence-electron chi connectivity index (χ3n) is 4.31. The fourth-order valence-electron chi connectivity index (χ4n) is 2.82. The number of aliphatic hydroxyl groups excluding tert-OH is 1. The maximum Gasteiger partial charge on any atom is 0.308 e. The average molecular weight is 342 g/mol. The quantitative estimate of drug-likeness (QED) is 0.780. The Kier molecular flexibility index (Phi) is 5.68. The van der Waals surface area contributed by atoms with Crippen LogP contribution in [0.4, 0.5) is 0 Å². The van der Waals surface area contributed by atoms with Gasteiger partial charge in [-0.1, -0.05) is 37.3 Å². The molecular formula is C20H22O5. The molecule has 132 valence electrons. The number of para-hydroxylation sites is 1. The third kappa shape index (κ3) is 4.59. The van der Waals surface area contributed by atoms with Crippen molar-refractivity contribution in [1.82, 2.24) is 0 Å². The molecule has 1 fully saturated rings. The number of esters is 1. The van der Waals surface area contributed by atoms with Crippen LogP contribution in [0.5, 0.6) is 11.5 Å². The minimum atomic E-state index is -0.617. The van der Waals surface area contributed by atoms with Gasteiger partial charge in [-0.25, -0.2) is 0 Å². The molecule has 25 heavy (non-hydrogen) atoms. The van der Waals surface area contributed by atoms with Crippen molar-refractivity contribution in [3.63, 3.8) is 0 Å². The molecule has 0 bridgehead atoms. The van der Waals surface area contributed by atoms with Gasteiger partial charge in [0.25, 0.3) is 0 Å². The van der Waals surface area contributed by atoms with E-state index >= 15 is 0 Å². The highest BCUT2D eigenvalue weighted by molar-refractivity contribution is 5.71. The van der Waals surface area contributed by atoms with Crippen LogP contribution in [0.2, 0.25) is 0 Å². The first-order chi connectivity index (χ1) is 12.2. The summed E-state index contributed by atoms with van der Waals surface area (Å²) in [5, 5.41) is 9.32. The van der Waals surface area contributed by atoms with Gasteiger partial charge < -0.3 is 19.3 Å². The summed E-state index contributed by atoms with van der Waals surface area (Å²) < 4.78 is 16.8. The van der Waals surface area contributed by atoms with E-state index in [0.29, 0.717) is 6.61 Å². The number of hydrogen-bond acceptors (Lipinski definition) is 5. The van der Waals surface area contributed by atoms with Crippen LogP contribution >= 0.6 is 0 Å². The topological polar surface area (TPSA) is 65.0 Å². The molecule has 1 heterocycles. The zero-order chi connectivity index (χ0) is 17.6. The lowest BCUT2D eigenvalue weighted by Gasteiger charge is -2.22. The molecule has 0 aliphatic carbocycles. The molecule has 0 saturated carbocycles. The van der Waals surface area contributed by atoms with Gasteiger partial charge in [0.2, 0.25) is 6.29 Å². The van der Waals surface area contributed by atoms with Crippen LogP contribution < -0.4 is 4.74 Å². The highest BCUT2D eigenvalue weighted by Crippen LogP contribution is 2.31. The number of aliphatic hydroxyl groups is 1. The molecule has 2 aromatic rings. The van der Waals surface area contributed by atoms with Crippen molar-refractivity contribution in [1.29, 1.82) is 0 Å². The molecule has 1 saturated heterocycles. The second-order valence-corrected chi connectivity index (χ2v) is 6.26. The Labute approximate surface area is 147 Å². The van der Waals surface area contributed by atoms with E-state index in [9.17, 15) is 9.90 Å². The highest BCUT2D eigenvalue weighted by atomic mass is 16.7. The van der Waals surface area contributed by atoms with E-state index in [1.807, 2.05) is 61.5 Å². The van der Waals surface area contributed by atoms with Crippen LogP contribution in [0.25, 0.3) is 0 Å². The van der Waals surface area contributed by atoms with Crippen LogP contribution in [0, 0.1) is 11.8 Å². The molecule has 1 aliphatic rings. The SMILES string of the molecule is CC(CO)C1CC(=O)OC1OCc1cccc(Oc2ccccc2)c1. The van der Waals surface area contributed by atoms with Crippen molar-refractivity contribution in [2.75, 3.05) is 6.61 Å². The Balaban J connectivity index is 1.61. The van der Waals surface area contributed by atoms with Gasteiger partial charge in [-0.15, -0.1) is 0 Å². The van der Waals surface area contributed by atoms with Gasteiger partial charge in [0.1, 0.15) is 11.5 Å². The van der Waals surface area contributed by atoms with Crippen molar-refractivity contribution in [2.45, 2.75) is 26.2 Å². The van der Waals surface area contributed by atoms with Gasteiger partial charge in [-0.3, -0.25) is 4.79 Å². The molecule has 1 aliphatic heterocycles. The molecule has 2 aromatic carbocycles. The molecule has 3 atom stereocenters. The van der Waals surface area contributed by atoms with Crippen molar-refractivity contribution >= 4 is 5.97 Å². The summed E-state index contributed by atoms with van der Waals surface area (Å²) in [6.45, 7) is 2.19. The summed E-state index contributed by atoms with van der Waals surface area (Å²) in [6.07, 6.45) is -0.336. The number of ether oxygens (including phenoxy) is 3. The predicted octanol–water partition coefficient (Wildman–Crippen LogP) is 3.51. The summed E-state index contributed by atoms with van der Waals surface area (Å²) in [6, 6.07) is 17.1. The van der Waals surface area contributed by atoms with Gasteiger partial charge in [0, 0.05) is 12.5 Å². The van der Waals surface area contributed by atoms with E-state index in [2.05, 4.69) is 0 Å². The van der Waals surface area contributed by atoms with E-state index in [1.54, 1.807) is 0 Å². The maximum absolute atomic E-state index is 11.5. The second kappa shape index (κ2) is 8.14. The Morgan fingerprint density at radius 1 is 1.16 bits per heavy atom. The van der Waals surface area contributed by atoms with Crippen LogP contribution in [-0.2, 0) is 20.9 Å². The average Bonchev–Trinajstić information content (AvgIpc) is 3.01. The van der Waals surface area contributed by atoms with E-state index in [4.69, 9.17) is 14.2 Å². The monoisotopic (exact) mass is 342 g/mol. The molecule has 0 aromatic heterocycles. The smallest absolute Gasteiger partial charge is 0.308 e. The first-order valence-corrected chi connectivity index (χ1v) is 8.39. The molecule has 3 rings (SSSR count). The van der Waals surface area contributed by atoms with Crippen LogP contribution in [0.1, 0.15) is 18.9 Å². The molecule has 5 nitrogen and oxygen atoms in total. The lowest BCUT2D eigenvalue weighted by atomic mass is 9.93. The molecule has 0 radical (unpaired) electrons. The van der Waals surface area contributed by atoms with Crippen molar-refractivity contribution < 1.29 is 24.1 Å². The summed E-state index contributed by atoms with van der Waals surface area (Å²) in [5.74, 6) is 1.03. The fourth-order valence-corrected chi connectivity index (χ4v) is 2.82. The van der Waals surface area contributed by atoms with Crippen molar-refractivity contribution in [3.8, 4) is 11.5 Å². The predicted molar refractivity (Wildman–Crippen MR) is 92.0 cm³/mol. The standard InChI is InChI=1S/C20H22O5/c1-14(12-21)18-11-19(22)25-20(18)23-13-15-6-5-9-17(10-15)24-16-7-3-2-4-8-16/h2-10,14,18,20-21H,11-13H2,1H3. The number of carbonyl (C=O) groups is 1. The van der Waals surface area contributed by atoms with E-state index in [1.165, 1.54) is 0 Å². The Hall–Kier alpha value is -2.37. The highest BCUT2D eigenvalue weighted by Gasteiger charge is 2.38. The Morgan fingerprint density at radius 2 is 1.92 bits per heavy atom. The summed E-state index contributed by atoms with van der Waals surface area (Å²) in [4.78, 5) is 11.5. The molecule has 1 N–H and O–H groups in total. The van der Waals surface area contributed by atoms with Gasteiger partial charge in [0.05, 0.1) is 13.0 Å².